The van der Waals surface area contributed by atoms with Crippen molar-refractivity contribution >= 4 is 29.3 Å². The van der Waals surface area contributed by atoms with E-state index in [4.69, 9.17) is 0 Å². The molecule has 0 bridgehead atoms. The molecule has 0 saturated heterocycles. The van der Waals surface area contributed by atoms with Crippen LogP contribution in [0.25, 0.3) is 6.08 Å². The van der Waals surface area contributed by atoms with E-state index in [2.05, 4.69) is 10.3 Å². The number of nitrogens with one attached hydrogen (secondary N) is 1. The van der Waals surface area contributed by atoms with Gasteiger partial charge in [-0.1, -0.05) is 0 Å². The number of nitro groups is 1. The zero-order chi connectivity index (χ0) is 18.1. The molecule has 1 aliphatic carbocycles. The maximum Gasteiger partial charge on any atom is 0.343 e. The molecular formula is C17H16N4O4. The first kappa shape index (κ1) is 16.6. The summed E-state index contributed by atoms with van der Waals surface area (Å²) >= 11 is 0. The number of Topliss-reactive ketones (excluding diaryl/α,β-unsaturated/α-hetero) is 1. The van der Waals surface area contributed by atoms with E-state index in [-0.39, 0.29) is 17.5 Å². The number of carbonyl (C=O) groups excluding carboxylic acids is 2. The van der Waals surface area contributed by atoms with E-state index in [9.17, 15) is 19.7 Å². The molecule has 0 unspecified atom stereocenters. The Morgan fingerprint density at radius 2 is 2.24 bits per heavy atom. The Labute approximate surface area is 143 Å². The summed E-state index contributed by atoms with van der Waals surface area (Å²) in [6.45, 7) is 3.58. The van der Waals surface area contributed by atoms with Crippen molar-refractivity contribution in [1.29, 1.82) is 0 Å². The molecule has 1 N–H and O–H groups in total. The number of ketones is 1. The quantitative estimate of drug-likeness (QED) is 0.523. The van der Waals surface area contributed by atoms with Crippen LogP contribution in [0.1, 0.15) is 35.6 Å². The van der Waals surface area contributed by atoms with Crippen molar-refractivity contribution in [3.63, 3.8) is 0 Å². The maximum atomic E-state index is 12.5. The first-order valence-corrected chi connectivity index (χ1v) is 7.76. The molecule has 0 radical (unpaired) electrons. The monoisotopic (exact) mass is 340 g/mol. The summed E-state index contributed by atoms with van der Waals surface area (Å²) in [7, 11) is 0. The average Bonchev–Trinajstić information content (AvgIpc) is 3.08. The van der Waals surface area contributed by atoms with Crippen LogP contribution in [0.2, 0.25) is 0 Å². The fraction of sp³-hybridized carbons (Fsp3) is 0.235. The highest BCUT2D eigenvalue weighted by molar-refractivity contribution is 6.15. The standard InChI is InChI=1S/C17H16N4O4/c1-3-20-15(18-9-16(20)21(24)25)8-12-6-11-7-13(19-10(2)22)4-5-14(11)17(12)23/h4-5,7-9H,3,6H2,1-2H3,(H,19,22). The van der Waals surface area contributed by atoms with E-state index in [0.29, 0.717) is 35.6 Å². The Balaban J connectivity index is 1.95. The molecular weight excluding hydrogens is 324 g/mol. The number of imidazole rings is 1. The lowest BCUT2D eigenvalue weighted by Gasteiger charge is -2.03. The molecule has 0 fully saturated rings. The normalized spacial score (nSPS) is 14.6. The zero-order valence-electron chi connectivity index (χ0n) is 13.8. The molecule has 0 saturated carbocycles. The molecule has 3 rings (SSSR count). The molecule has 1 aromatic carbocycles. The van der Waals surface area contributed by atoms with Crippen molar-refractivity contribution in [1.82, 2.24) is 9.55 Å². The Morgan fingerprint density at radius 1 is 1.48 bits per heavy atom. The molecule has 0 aliphatic heterocycles. The van der Waals surface area contributed by atoms with Crippen molar-refractivity contribution in [2.75, 3.05) is 5.32 Å². The molecule has 1 aromatic heterocycles. The lowest BCUT2D eigenvalue weighted by atomic mass is 10.1. The topological polar surface area (TPSA) is 107 Å². The van der Waals surface area contributed by atoms with Crippen molar-refractivity contribution in [3.8, 4) is 0 Å². The molecule has 1 amide bonds. The number of aromatic nitrogens is 2. The smallest absolute Gasteiger partial charge is 0.343 e. The number of nitrogens with zero attached hydrogens (tertiary/aromatic N) is 3. The molecule has 0 atom stereocenters. The summed E-state index contributed by atoms with van der Waals surface area (Å²) in [5.74, 6) is -0.0345. The van der Waals surface area contributed by atoms with Gasteiger partial charge in [0.1, 0.15) is 6.20 Å². The predicted molar refractivity (Wildman–Crippen MR) is 91.3 cm³/mol. The first-order chi connectivity index (χ1) is 11.9. The van der Waals surface area contributed by atoms with E-state index >= 15 is 0 Å². The van der Waals surface area contributed by atoms with Crippen LogP contribution >= 0.6 is 0 Å². The minimum absolute atomic E-state index is 0.106. The third-order valence-corrected chi connectivity index (χ3v) is 4.01. The van der Waals surface area contributed by atoms with Gasteiger partial charge in [-0.3, -0.25) is 9.59 Å². The van der Waals surface area contributed by atoms with Gasteiger partial charge < -0.3 is 15.4 Å². The van der Waals surface area contributed by atoms with Crippen LogP contribution in [-0.4, -0.2) is 26.2 Å². The number of hydrogen-bond donors (Lipinski definition) is 1. The SMILES string of the molecule is CCn1c([N+](=O)[O-])cnc1C=C1Cc2cc(NC(C)=O)ccc2C1=O. The van der Waals surface area contributed by atoms with Gasteiger partial charge in [0.2, 0.25) is 11.7 Å². The summed E-state index contributed by atoms with van der Waals surface area (Å²) < 4.78 is 1.45. The zero-order valence-corrected chi connectivity index (χ0v) is 13.8. The average molecular weight is 340 g/mol. The number of fused-ring (bicyclic) bond motifs is 1. The molecule has 128 valence electrons. The summed E-state index contributed by atoms with van der Waals surface area (Å²) in [6, 6.07) is 5.13. The van der Waals surface area contributed by atoms with Gasteiger partial charge in [0.15, 0.2) is 5.78 Å². The summed E-state index contributed by atoms with van der Waals surface area (Å²) in [5.41, 5.74) is 2.53. The Kier molecular flexibility index (Phi) is 4.18. The fourth-order valence-electron chi connectivity index (χ4n) is 2.94. The van der Waals surface area contributed by atoms with E-state index in [1.807, 2.05) is 0 Å². The number of benzene rings is 1. The second kappa shape index (κ2) is 6.31. The number of hydrogen-bond acceptors (Lipinski definition) is 5. The number of rotatable bonds is 4. The first-order valence-electron chi connectivity index (χ1n) is 7.76. The van der Waals surface area contributed by atoms with Crippen LogP contribution in [0.4, 0.5) is 11.5 Å². The highest BCUT2D eigenvalue weighted by Crippen LogP contribution is 2.30. The summed E-state index contributed by atoms with van der Waals surface area (Å²) in [5, 5.41) is 13.7. The molecule has 8 heteroatoms. The highest BCUT2D eigenvalue weighted by Gasteiger charge is 2.27. The second-order valence-electron chi connectivity index (χ2n) is 5.70. The summed E-state index contributed by atoms with van der Waals surface area (Å²) in [4.78, 5) is 38.3. The molecule has 2 aromatic rings. The van der Waals surface area contributed by atoms with E-state index in [0.717, 1.165) is 5.56 Å². The van der Waals surface area contributed by atoms with Crippen LogP contribution in [0.3, 0.4) is 0 Å². The van der Waals surface area contributed by atoms with Gasteiger partial charge in [0.05, 0.1) is 6.54 Å². The minimum Gasteiger partial charge on any atom is -0.358 e. The van der Waals surface area contributed by atoms with Gasteiger partial charge >= 0.3 is 5.82 Å². The lowest BCUT2D eigenvalue weighted by molar-refractivity contribution is -0.392. The van der Waals surface area contributed by atoms with Gasteiger partial charge in [0.25, 0.3) is 0 Å². The number of carbonyl (C=O) groups is 2. The van der Waals surface area contributed by atoms with Gasteiger partial charge in [-0.2, -0.15) is 0 Å². The Morgan fingerprint density at radius 3 is 2.88 bits per heavy atom. The summed E-state index contributed by atoms with van der Waals surface area (Å²) in [6.07, 6.45) is 3.18. The van der Waals surface area contributed by atoms with E-state index in [1.54, 1.807) is 31.2 Å². The molecule has 1 aliphatic rings. The third-order valence-electron chi connectivity index (χ3n) is 4.01. The van der Waals surface area contributed by atoms with E-state index < -0.39 is 4.92 Å². The van der Waals surface area contributed by atoms with Crippen molar-refractivity contribution < 1.29 is 14.5 Å². The van der Waals surface area contributed by atoms with Crippen LogP contribution in [0, 0.1) is 10.1 Å². The fourth-order valence-corrected chi connectivity index (χ4v) is 2.94. The Hall–Kier alpha value is -3.29. The van der Waals surface area contributed by atoms with Gasteiger partial charge in [-0.25, -0.2) is 9.55 Å². The highest BCUT2D eigenvalue weighted by atomic mass is 16.6. The largest absolute Gasteiger partial charge is 0.358 e. The molecule has 1 heterocycles. The van der Waals surface area contributed by atoms with Crippen molar-refractivity contribution in [2.24, 2.45) is 0 Å². The van der Waals surface area contributed by atoms with Gasteiger partial charge in [-0.15, -0.1) is 0 Å². The van der Waals surface area contributed by atoms with Crippen LogP contribution in [0.15, 0.2) is 30.0 Å². The minimum atomic E-state index is -0.497. The van der Waals surface area contributed by atoms with Crippen molar-refractivity contribution in [2.45, 2.75) is 26.8 Å². The van der Waals surface area contributed by atoms with Crippen LogP contribution in [-0.2, 0) is 17.8 Å². The number of amides is 1. The van der Waals surface area contributed by atoms with Crippen molar-refractivity contribution in [3.05, 3.63) is 57.0 Å². The molecule has 25 heavy (non-hydrogen) atoms. The van der Waals surface area contributed by atoms with Crippen LogP contribution in [0.5, 0.6) is 0 Å². The second-order valence-corrected chi connectivity index (χ2v) is 5.70. The molecule has 8 nitrogen and oxygen atoms in total. The van der Waals surface area contributed by atoms with E-state index in [1.165, 1.54) is 17.7 Å². The van der Waals surface area contributed by atoms with Gasteiger partial charge in [-0.05, 0) is 35.6 Å². The lowest BCUT2D eigenvalue weighted by Crippen LogP contribution is -2.06. The predicted octanol–water partition coefficient (Wildman–Crippen LogP) is 2.59. The molecule has 0 spiro atoms. The van der Waals surface area contributed by atoms with Gasteiger partial charge in [0, 0.05) is 36.2 Å². The third kappa shape index (κ3) is 3.06. The Bertz CT molecular complexity index is 927. The number of anilines is 1. The number of allylic oxidation sites excluding steroid dienone is 1. The van der Waals surface area contributed by atoms with Crippen LogP contribution < -0.4 is 5.32 Å². The maximum absolute atomic E-state index is 12.5.